The van der Waals surface area contributed by atoms with Gasteiger partial charge in [0.25, 0.3) is 5.92 Å². The van der Waals surface area contributed by atoms with Gasteiger partial charge < -0.3 is 10.5 Å². The van der Waals surface area contributed by atoms with E-state index >= 15 is 0 Å². The van der Waals surface area contributed by atoms with Crippen molar-refractivity contribution in [2.75, 3.05) is 12.8 Å². The van der Waals surface area contributed by atoms with Gasteiger partial charge in [0.05, 0.1) is 7.11 Å². The summed E-state index contributed by atoms with van der Waals surface area (Å²) in [7, 11) is 1.21. The van der Waals surface area contributed by atoms with Gasteiger partial charge in [0, 0.05) is 18.5 Å². The normalized spacial score (nSPS) is 20.4. The van der Waals surface area contributed by atoms with E-state index in [1.807, 2.05) is 0 Å². The largest absolute Gasteiger partial charge is 0.468 e. The first kappa shape index (κ1) is 11.8. The highest BCUT2D eigenvalue weighted by atomic mass is 19.3. The number of hydrogen-bond acceptors (Lipinski definition) is 3. The molecule has 92 valence electrons. The molecule has 0 spiro atoms. The molecule has 2 N–H and O–H groups in total. The number of carbonyl (C=O) groups excluding carboxylic acids is 1. The third-order valence-corrected chi connectivity index (χ3v) is 3.16. The summed E-state index contributed by atoms with van der Waals surface area (Å²) in [6, 6.07) is 6.38. The molecule has 0 bridgehead atoms. The number of anilines is 1. The van der Waals surface area contributed by atoms with E-state index in [1.165, 1.54) is 7.11 Å². The van der Waals surface area contributed by atoms with Crippen molar-refractivity contribution in [3.63, 3.8) is 0 Å². The maximum Gasteiger partial charge on any atom is 0.316 e. The fourth-order valence-corrected chi connectivity index (χ4v) is 2.30. The van der Waals surface area contributed by atoms with Crippen LogP contribution >= 0.6 is 0 Å². The molecule has 2 rings (SSSR count). The van der Waals surface area contributed by atoms with Gasteiger partial charge in [-0.05, 0) is 17.7 Å². The van der Waals surface area contributed by atoms with E-state index in [0.717, 1.165) is 0 Å². The molecule has 0 heterocycles. The lowest BCUT2D eigenvalue weighted by molar-refractivity contribution is -0.177. The molecular weight excluding hydrogens is 228 g/mol. The summed E-state index contributed by atoms with van der Waals surface area (Å²) in [5, 5.41) is 0. The van der Waals surface area contributed by atoms with Crippen LogP contribution in [0.4, 0.5) is 14.5 Å². The predicted molar refractivity (Wildman–Crippen MR) is 58.7 cm³/mol. The van der Waals surface area contributed by atoms with Gasteiger partial charge in [-0.15, -0.1) is 0 Å². The zero-order valence-corrected chi connectivity index (χ0v) is 9.37. The van der Waals surface area contributed by atoms with Gasteiger partial charge in [0.2, 0.25) is 0 Å². The van der Waals surface area contributed by atoms with Gasteiger partial charge in [-0.1, -0.05) is 12.1 Å². The number of carbonyl (C=O) groups is 1. The number of esters is 1. The van der Waals surface area contributed by atoms with Crippen molar-refractivity contribution in [1.29, 1.82) is 0 Å². The molecule has 1 saturated carbocycles. The molecular formula is C12H13F2NO2. The Morgan fingerprint density at radius 1 is 1.29 bits per heavy atom. The number of hydrogen-bond donors (Lipinski definition) is 1. The standard InChI is InChI=1S/C12H13F2NO2/c1-17-10(16)11(6-12(13,14)7-11)8-2-4-9(15)5-3-8/h2-5H,6-7,15H2,1H3. The molecule has 1 aromatic rings. The molecule has 0 aliphatic heterocycles. The Bertz CT molecular complexity index is 434. The highest BCUT2D eigenvalue weighted by Gasteiger charge is 2.62. The van der Waals surface area contributed by atoms with Gasteiger partial charge in [-0.25, -0.2) is 8.78 Å². The smallest absolute Gasteiger partial charge is 0.316 e. The zero-order chi connectivity index (χ0) is 12.7. The molecule has 0 amide bonds. The fraction of sp³-hybridized carbons (Fsp3) is 0.417. The van der Waals surface area contributed by atoms with Crippen molar-refractivity contribution >= 4 is 11.7 Å². The summed E-state index contributed by atoms with van der Waals surface area (Å²) in [5.74, 6) is -3.41. The van der Waals surface area contributed by atoms with Crippen LogP contribution in [0.1, 0.15) is 18.4 Å². The van der Waals surface area contributed by atoms with Crippen LogP contribution < -0.4 is 5.73 Å². The van der Waals surface area contributed by atoms with Crippen molar-refractivity contribution in [1.82, 2.24) is 0 Å². The third-order valence-electron chi connectivity index (χ3n) is 3.16. The third kappa shape index (κ3) is 1.85. The lowest BCUT2D eigenvalue weighted by atomic mass is 9.62. The summed E-state index contributed by atoms with van der Waals surface area (Å²) in [5.41, 5.74) is 5.37. The van der Waals surface area contributed by atoms with Crippen molar-refractivity contribution < 1.29 is 18.3 Å². The Morgan fingerprint density at radius 3 is 2.24 bits per heavy atom. The maximum absolute atomic E-state index is 13.1. The summed E-state index contributed by atoms with van der Waals surface area (Å²) in [4.78, 5) is 11.7. The maximum atomic E-state index is 13.1. The summed E-state index contributed by atoms with van der Waals surface area (Å²) >= 11 is 0. The minimum absolute atomic E-state index is 0.503. The number of benzene rings is 1. The molecule has 5 heteroatoms. The van der Waals surface area contributed by atoms with Crippen LogP contribution in [-0.2, 0) is 14.9 Å². The molecule has 0 unspecified atom stereocenters. The van der Waals surface area contributed by atoms with Gasteiger partial charge in [0.15, 0.2) is 0 Å². The Morgan fingerprint density at radius 2 is 1.82 bits per heavy atom. The van der Waals surface area contributed by atoms with Crippen LogP contribution in [0.25, 0.3) is 0 Å². The van der Waals surface area contributed by atoms with Gasteiger partial charge in [-0.2, -0.15) is 0 Å². The number of halogens is 2. The minimum atomic E-state index is -2.80. The Hall–Kier alpha value is -1.65. The second kappa shape index (κ2) is 3.68. The first-order valence-corrected chi connectivity index (χ1v) is 5.22. The monoisotopic (exact) mass is 241 g/mol. The second-order valence-corrected chi connectivity index (χ2v) is 4.41. The highest BCUT2D eigenvalue weighted by Crippen LogP contribution is 2.54. The lowest BCUT2D eigenvalue weighted by Gasteiger charge is -2.45. The first-order valence-electron chi connectivity index (χ1n) is 5.22. The van der Waals surface area contributed by atoms with Gasteiger partial charge in [0.1, 0.15) is 5.41 Å². The van der Waals surface area contributed by atoms with Gasteiger partial charge >= 0.3 is 5.97 Å². The Balaban J connectivity index is 2.36. The number of ether oxygens (including phenoxy) is 1. The average molecular weight is 241 g/mol. The number of alkyl halides is 2. The molecule has 1 aliphatic carbocycles. The van der Waals surface area contributed by atoms with E-state index in [4.69, 9.17) is 5.73 Å². The van der Waals surface area contributed by atoms with Crippen LogP contribution in [0.5, 0.6) is 0 Å². The number of rotatable bonds is 2. The molecule has 0 aromatic heterocycles. The number of nitrogens with two attached hydrogens (primary N) is 1. The fourth-order valence-electron chi connectivity index (χ4n) is 2.30. The molecule has 17 heavy (non-hydrogen) atoms. The van der Waals surface area contributed by atoms with E-state index in [9.17, 15) is 13.6 Å². The molecule has 0 radical (unpaired) electrons. The van der Waals surface area contributed by atoms with E-state index in [2.05, 4.69) is 4.74 Å². The number of methoxy groups -OCH3 is 1. The molecule has 1 fully saturated rings. The van der Waals surface area contributed by atoms with Crippen LogP contribution in [0.15, 0.2) is 24.3 Å². The van der Waals surface area contributed by atoms with E-state index in [0.29, 0.717) is 11.3 Å². The van der Waals surface area contributed by atoms with E-state index < -0.39 is 30.1 Å². The average Bonchev–Trinajstić information content (AvgIpc) is 2.25. The summed E-state index contributed by atoms with van der Waals surface area (Å²) < 4.78 is 30.8. The summed E-state index contributed by atoms with van der Waals surface area (Å²) in [6.07, 6.45) is -1.01. The molecule has 1 aliphatic rings. The van der Waals surface area contributed by atoms with Crippen LogP contribution in [-0.4, -0.2) is 19.0 Å². The lowest BCUT2D eigenvalue weighted by Crippen LogP contribution is -2.54. The summed E-state index contributed by atoms with van der Waals surface area (Å²) in [6.45, 7) is 0. The van der Waals surface area contributed by atoms with E-state index in [-0.39, 0.29) is 0 Å². The van der Waals surface area contributed by atoms with Crippen molar-refractivity contribution in [2.24, 2.45) is 0 Å². The Kier molecular flexibility index (Phi) is 2.56. The minimum Gasteiger partial charge on any atom is -0.468 e. The zero-order valence-electron chi connectivity index (χ0n) is 9.37. The van der Waals surface area contributed by atoms with Crippen LogP contribution in [0.3, 0.4) is 0 Å². The van der Waals surface area contributed by atoms with Crippen molar-refractivity contribution in [3.8, 4) is 0 Å². The van der Waals surface area contributed by atoms with Crippen LogP contribution in [0.2, 0.25) is 0 Å². The first-order chi connectivity index (χ1) is 7.89. The number of nitrogen functional groups attached to an aromatic ring is 1. The van der Waals surface area contributed by atoms with Crippen molar-refractivity contribution in [3.05, 3.63) is 29.8 Å². The Labute approximate surface area is 97.6 Å². The SMILES string of the molecule is COC(=O)C1(c2ccc(N)cc2)CC(F)(F)C1. The second-order valence-electron chi connectivity index (χ2n) is 4.41. The van der Waals surface area contributed by atoms with Crippen LogP contribution in [0, 0.1) is 0 Å². The van der Waals surface area contributed by atoms with Crippen molar-refractivity contribution in [2.45, 2.75) is 24.2 Å². The highest BCUT2D eigenvalue weighted by molar-refractivity contribution is 5.85. The molecule has 0 saturated heterocycles. The molecule has 0 atom stereocenters. The molecule has 3 nitrogen and oxygen atoms in total. The quantitative estimate of drug-likeness (QED) is 0.637. The van der Waals surface area contributed by atoms with E-state index in [1.54, 1.807) is 24.3 Å². The molecule has 1 aromatic carbocycles. The predicted octanol–water partition coefficient (Wildman–Crippen LogP) is 2.11. The van der Waals surface area contributed by atoms with Gasteiger partial charge in [-0.3, -0.25) is 4.79 Å². The topological polar surface area (TPSA) is 52.3 Å².